The molecule has 0 bridgehead atoms. The van der Waals surface area contributed by atoms with Gasteiger partial charge in [0.05, 0.1) is 6.04 Å². The molecule has 4 heteroatoms. The topological polar surface area (TPSA) is 58.6 Å². The van der Waals surface area contributed by atoms with Crippen LogP contribution in [0.5, 0.6) is 0 Å². The van der Waals surface area contributed by atoms with E-state index in [-0.39, 0.29) is 11.7 Å². The van der Waals surface area contributed by atoms with E-state index >= 15 is 0 Å². The number of hydrogen-bond donors (Lipinski definition) is 2. The van der Waals surface area contributed by atoms with Crippen LogP contribution in [0.4, 0.5) is 4.79 Å². The molecule has 1 amide bonds. The van der Waals surface area contributed by atoms with Crippen LogP contribution >= 0.6 is 0 Å². The van der Waals surface area contributed by atoms with Gasteiger partial charge in [-0.3, -0.25) is 0 Å². The number of alkyl carbamates (subject to hydrolysis) is 1. The van der Waals surface area contributed by atoms with Crippen molar-refractivity contribution in [1.82, 2.24) is 5.32 Å². The van der Waals surface area contributed by atoms with E-state index in [1.807, 2.05) is 13.8 Å². The predicted octanol–water partition coefficient (Wildman–Crippen LogP) is 2.61. The quantitative estimate of drug-likeness (QED) is 0.711. The van der Waals surface area contributed by atoms with Crippen molar-refractivity contribution < 1.29 is 14.6 Å². The molecule has 0 aliphatic carbocycles. The summed E-state index contributed by atoms with van der Waals surface area (Å²) in [4.78, 5) is 11.4. The van der Waals surface area contributed by atoms with Crippen LogP contribution in [-0.4, -0.2) is 22.8 Å². The first-order valence-corrected chi connectivity index (χ1v) is 5.00. The Morgan fingerprint density at radius 1 is 1.40 bits per heavy atom. The molecular weight excluding hydrogens is 194 g/mol. The van der Waals surface area contributed by atoms with Gasteiger partial charge < -0.3 is 15.2 Å². The molecule has 15 heavy (non-hydrogen) atoms. The molecule has 0 heterocycles. The predicted molar refractivity (Wildman–Crippen MR) is 59.8 cm³/mol. The molecule has 1 atom stereocenters. The fourth-order valence-corrected chi connectivity index (χ4v) is 1.07. The van der Waals surface area contributed by atoms with Gasteiger partial charge in [-0.15, -0.1) is 0 Å². The van der Waals surface area contributed by atoms with Gasteiger partial charge in [-0.05, 0) is 26.7 Å². The summed E-state index contributed by atoms with van der Waals surface area (Å²) in [5.74, 6) is 0.00544. The van der Waals surface area contributed by atoms with E-state index in [9.17, 15) is 9.90 Å². The van der Waals surface area contributed by atoms with Gasteiger partial charge in [-0.2, -0.15) is 0 Å². The van der Waals surface area contributed by atoms with Crippen LogP contribution in [0.2, 0.25) is 0 Å². The minimum atomic E-state index is -0.545. The zero-order valence-corrected chi connectivity index (χ0v) is 10.1. The molecule has 0 radical (unpaired) electrons. The van der Waals surface area contributed by atoms with E-state index in [0.29, 0.717) is 0 Å². The number of carbonyl (C=O) groups is 1. The molecule has 88 valence electrons. The Morgan fingerprint density at radius 2 is 1.87 bits per heavy atom. The molecule has 0 fully saturated rings. The Labute approximate surface area is 91.3 Å². The highest BCUT2D eigenvalue weighted by Crippen LogP contribution is 2.11. The Kier molecular flexibility index (Phi) is 4.65. The highest BCUT2D eigenvalue weighted by Gasteiger charge is 2.22. The van der Waals surface area contributed by atoms with Gasteiger partial charge in [-0.1, -0.05) is 20.4 Å². The number of hydrogen-bond acceptors (Lipinski definition) is 3. The van der Waals surface area contributed by atoms with Gasteiger partial charge in [0.25, 0.3) is 0 Å². The number of amides is 1. The van der Waals surface area contributed by atoms with Gasteiger partial charge in [0.15, 0.2) is 0 Å². The highest BCUT2D eigenvalue weighted by atomic mass is 16.6. The third-order valence-corrected chi connectivity index (χ3v) is 1.70. The van der Waals surface area contributed by atoms with Crippen LogP contribution in [0.15, 0.2) is 12.3 Å². The van der Waals surface area contributed by atoms with Gasteiger partial charge in [0.1, 0.15) is 11.4 Å². The standard InChI is InChI=1S/C11H21NO3/c1-7(2)9(8(3)13)12-10(14)15-11(4,5)6/h7,9,13H,3H2,1-2,4-6H3,(H,12,14)/t9-/m1/s1. The van der Waals surface area contributed by atoms with E-state index in [2.05, 4.69) is 11.9 Å². The zero-order chi connectivity index (χ0) is 12.2. The third-order valence-electron chi connectivity index (χ3n) is 1.70. The lowest BCUT2D eigenvalue weighted by molar-refractivity contribution is 0.0487. The molecule has 0 aromatic heterocycles. The second-order valence-electron chi connectivity index (χ2n) is 4.86. The molecule has 2 N–H and O–H groups in total. The number of aliphatic hydroxyl groups excluding tert-OH is 1. The van der Waals surface area contributed by atoms with E-state index in [1.54, 1.807) is 20.8 Å². The highest BCUT2D eigenvalue weighted by molar-refractivity contribution is 5.68. The normalized spacial score (nSPS) is 13.5. The number of ether oxygens (including phenoxy) is 1. The van der Waals surface area contributed by atoms with E-state index < -0.39 is 17.7 Å². The van der Waals surface area contributed by atoms with Crippen molar-refractivity contribution in [3.05, 3.63) is 12.3 Å². The first-order valence-electron chi connectivity index (χ1n) is 5.00. The fraction of sp³-hybridized carbons (Fsp3) is 0.727. The number of aliphatic hydroxyl groups is 1. The first-order chi connectivity index (χ1) is 6.63. The average Bonchev–Trinajstić information content (AvgIpc) is 1.95. The summed E-state index contributed by atoms with van der Waals surface area (Å²) >= 11 is 0. The van der Waals surface area contributed by atoms with E-state index in [1.165, 1.54) is 0 Å². The molecule has 0 spiro atoms. The maximum absolute atomic E-state index is 11.4. The Hall–Kier alpha value is -1.19. The fourth-order valence-electron chi connectivity index (χ4n) is 1.07. The van der Waals surface area contributed by atoms with Crippen molar-refractivity contribution in [3.8, 4) is 0 Å². The third kappa shape index (κ3) is 5.99. The van der Waals surface area contributed by atoms with Crippen LogP contribution in [-0.2, 0) is 4.74 Å². The lowest BCUT2D eigenvalue weighted by Crippen LogP contribution is -2.42. The van der Waals surface area contributed by atoms with Crippen molar-refractivity contribution in [2.24, 2.45) is 5.92 Å². The molecule has 0 aromatic carbocycles. The molecular formula is C11H21NO3. The average molecular weight is 215 g/mol. The Morgan fingerprint density at radius 3 is 2.13 bits per heavy atom. The van der Waals surface area contributed by atoms with Gasteiger partial charge in [0.2, 0.25) is 0 Å². The summed E-state index contributed by atoms with van der Waals surface area (Å²) in [7, 11) is 0. The lowest BCUT2D eigenvalue weighted by atomic mass is 10.0. The maximum Gasteiger partial charge on any atom is 0.408 e. The number of rotatable bonds is 3. The monoisotopic (exact) mass is 215 g/mol. The number of nitrogens with one attached hydrogen (secondary N) is 1. The van der Waals surface area contributed by atoms with Crippen LogP contribution < -0.4 is 5.32 Å². The van der Waals surface area contributed by atoms with Crippen LogP contribution in [0.1, 0.15) is 34.6 Å². The van der Waals surface area contributed by atoms with E-state index in [4.69, 9.17) is 4.74 Å². The Bertz CT molecular complexity index is 241. The first kappa shape index (κ1) is 13.8. The van der Waals surface area contributed by atoms with Crippen LogP contribution in [0.3, 0.4) is 0 Å². The molecule has 0 aliphatic rings. The van der Waals surface area contributed by atoms with Crippen molar-refractivity contribution in [2.45, 2.75) is 46.3 Å². The molecule has 0 unspecified atom stereocenters. The van der Waals surface area contributed by atoms with E-state index in [0.717, 1.165) is 0 Å². The summed E-state index contributed by atoms with van der Waals surface area (Å²) in [6, 6.07) is -0.472. The zero-order valence-electron chi connectivity index (χ0n) is 10.1. The lowest BCUT2D eigenvalue weighted by Gasteiger charge is -2.25. The Balaban J connectivity index is 4.31. The maximum atomic E-state index is 11.4. The molecule has 4 nitrogen and oxygen atoms in total. The summed E-state index contributed by atoms with van der Waals surface area (Å²) in [5, 5.41) is 11.8. The molecule has 0 rings (SSSR count). The minimum absolute atomic E-state index is 0.0594. The largest absolute Gasteiger partial charge is 0.511 e. The second-order valence-corrected chi connectivity index (χ2v) is 4.86. The second kappa shape index (κ2) is 5.05. The van der Waals surface area contributed by atoms with Crippen molar-refractivity contribution >= 4 is 6.09 Å². The summed E-state index contributed by atoms with van der Waals surface area (Å²) in [5.41, 5.74) is -0.539. The van der Waals surface area contributed by atoms with Crippen LogP contribution in [0.25, 0.3) is 0 Å². The van der Waals surface area contributed by atoms with Crippen molar-refractivity contribution in [3.63, 3.8) is 0 Å². The van der Waals surface area contributed by atoms with Crippen molar-refractivity contribution in [1.29, 1.82) is 0 Å². The number of carbonyl (C=O) groups excluding carboxylic acids is 1. The van der Waals surface area contributed by atoms with Crippen molar-refractivity contribution in [2.75, 3.05) is 0 Å². The van der Waals surface area contributed by atoms with Gasteiger partial charge in [-0.25, -0.2) is 4.79 Å². The van der Waals surface area contributed by atoms with Crippen LogP contribution in [0, 0.1) is 5.92 Å². The summed E-state index contributed by atoms with van der Waals surface area (Å²) in [6.45, 7) is 12.5. The molecule has 0 saturated heterocycles. The molecule has 0 saturated carbocycles. The van der Waals surface area contributed by atoms with Gasteiger partial charge in [0, 0.05) is 0 Å². The minimum Gasteiger partial charge on any atom is -0.511 e. The SMILES string of the molecule is C=C(O)[C@H](NC(=O)OC(C)(C)C)C(C)C. The molecule has 0 aliphatic heterocycles. The van der Waals surface area contributed by atoms with Gasteiger partial charge >= 0.3 is 6.09 Å². The summed E-state index contributed by atoms with van der Waals surface area (Å²) < 4.78 is 5.07. The smallest absolute Gasteiger partial charge is 0.408 e. The molecule has 0 aromatic rings. The summed E-state index contributed by atoms with van der Waals surface area (Å²) in [6.07, 6.45) is -0.545.